The summed E-state index contributed by atoms with van der Waals surface area (Å²) in [6.07, 6.45) is 1.13. The van der Waals surface area contributed by atoms with Crippen LogP contribution < -0.4 is 19.5 Å². The topological polar surface area (TPSA) is 56.8 Å². The summed E-state index contributed by atoms with van der Waals surface area (Å²) in [5, 5.41) is 2.94. The minimum Gasteiger partial charge on any atom is -0.497 e. The third-order valence-electron chi connectivity index (χ3n) is 3.87. The molecule has 126 valence electrons. The van der Waals surface area contributed by atoms with Crippen LogP contribution in [-0.2, 0) is 17.8 Å². The monoisotopic (exact) mass is 327 g/mol. The second-order valence-corrected chi connectivity index (χ2v) is 5.61. The molecular formula is C19H21NO4. The fraction of sp³-hybridized carbons (Fsp3) is 0.316. The van der Waals surface area contributed by atoms with Crippen LogP contribution in [0.1, 0.15) is 17.5 Å². The van der Waals surface area contributed by atoms with Gasteiger partial charge >= 0.3 is 0 Å². The van der Waals surface area contributed by atoms with Crippen molar-refractivity contribution in [2.45, 2.75) is 19.4 Å². The van der Waals surface area contributed by atoms with Crippen molar-refractivity contribution in [3.63, 3.8) is 0 Å². The van der Waals surface area contributed by atoms with Crippen LogP contribution in [-0.4, -0.2) is 26.2 Å². The molecule has 2 aromatic rings. The summed E-state index contributed by atoms with van der Waals surface area (Å²) >= 11 is 0. The van der Waals surface area contributed by atoms with E-state index in [0.29, 0.717) is 32.6 Å². The summed E-state index contributed by atoms with van der Waals surface area (Å²) in [4.78, 5) is 12.0. The number of rotatable bonds is 6. The average Bonchev–Trinajstić information content (AvgIpc) is 2.64. The largest absolute Gasteiger partial charge is 0.497 e. The van der Waals surface area contributed by atoms with Crippen LogP contribution in [0.2, 0.25) is 0 Å². The number of methoxy groups -OCH3 is 1. The van der Waals surface area contributed by atoms with Gasteiger partial charge in [0.15, 0.2) is 11.5 Å². The van der Waals surface area contributed by atoms with E-state index < -0.39 is 0 Å². The summed E-state index contributed by atoms with van der Waals surface area (Å²) in [7, 11) is 1.64. The summed E-state index contributed by atoms with van der Waals surface area (Å²) in [5.41, 5.74) is 2.08. The summed E-state index contributed by atoms with van der Waals surface area (Å²) in [6.45, 7) is 1.62. The van der Waals surface area contributed by atoms with E-state index in [9.17, 15) is 4.79 Å². The maximum absolute atomic E-state index is 12.0. The highest BCUT2D eigenvalue weighted by molar-refractivity contribution is 5.76. The number of carbonyl (C=O) groups excluding carboxylic acids is 1. The Morgan fingerprint density at radius 3 is 2.75 bits per heavy atom. The first kappa shape index (κ1) is 16.2. The minimum atomic E-state index is 0.0210. The van der Waals surface area contributed by atoms with Gasteiger partial charge in [-0.15, -0.1) is 0 Å². The molecule has 0 saturated carbocycles. The first-order valence-electron chi connectivity index (χ1n) is 8.03. The SMILES string of the molecule is COc1cccc(CCC(=O)NCc2ccc3c(c2)OCCO3)c1. The zero-order chi connectivity index (χ0) is 16.8. The lowest BCUT2D eigenvalue weighted by atomic mass is 10.1. The van der Waals surface area contributed by atoms with E-state index >= 15 is 0 Å². The molecule has 1 aliphatic heterocycles. The van der Waals surface area contributed by atoms with Gasteiger partial charge in [0.25, 0.3) is 0 Å². The van der Waals surface area contributed by atoms with E-state index in [2.05, 4.69) is 5.32 Å². The molecule has 1 heterocycles. The van der Waals surface area contributed by atoms with Crippen molar-refractivity contribution >= 4 is 5.91 Å². The van der Waals surface area contributed by atoms with Crippen LogP contribution in [0, 0.1) is 0 Å². The molecule has 0 fully saturated rings. The molecule has 0 radical (unpaired) electrons. The molecule has 0 aliphatic carbocycles. The van der Waals surface area contributed by atoms with E-state index in [1.165, 1.54) is 0 Å². The molecule has 0 unspecified atom stereocenters. The molecule has 24 heavy (non-hydrogen) atoms. The van der Waals surface area contributed by atoms with Gasteiger partial charge in [-0.3, -0.25) is 4.79 Å². The van der Waals surface area contributed by atoms with Gasteiger partial charge in [-0.2, -0.15) is 0 Å². The van der Waals surface area contributed by atoms with Gasteiger partial charge in [0.05, 0.1) is 7.11 Å². The van der Waals surface area contributed by atoms with Crippen LogP contribution in [0.15, 0.2) is 42.5 Å². The van der Waals surface area contributed by atoms with Gasteiger partial charge in [-0.1, -0.05) is 18.2 Å². The number of hydrogen-bond acceptors (Lipinski definition) is 4. The average molecular weight is 327 g/mol. The van der Waals surface area contributed by atoms with Crippen molar-refractivity contribution in [3.8, 4) is 17.2 Å². The van der Waals surface area contributed by atoms with E-state index in [-0.39, 0.29) is 5.91 Å². The molecule has 5 nitrogen and oxygen atoms in total. The molecule has 2 aromatic carbocycles. The quantitative estimate of drug-likeness (QED) is 0.886. The number of aryl methyl sites for hydroxylation is 1. The van der Waals surface area contributed by atoms with E-state index in [1.807, 2.05) is 42.5 Å². The highest BCUT2D eigenvalue weighted by Gasteiger charge is 2.12. The van der Waals surface area contributed by atoms with Crippen LogP contribution in [0.25, 0.3) is 0 Å². The van der Waals surface area contributed by atoms with E-state index in [0.717, 1.165) is 28.4 Å². The fourth-order valence-corrected chi connectivity index (χ4v) is 2.57. The number of hydrogen-bond donors (Lipinski definition) is 1. The molecule has 0 atom stereocenters. The minimum absolute atomic E-state index is 0.0210. The number of carbonyl (C=O) groups is 1. The van der Waals surface area contributed by atoms with Gasteiger partial charge in [0.2, 0.25) is 5.91 Å². The number of amides is 1. The van der Waals surface area contributed by atoms with E-state index in [1.54, 1.807) is 7.11 Å². The van der Waals surface area contributed by atoms with Crippen LogP contribution in [0.4, 0.5) is 0 Å². The Bertz CT molecular complexity index is 714. The molecule has 0 saturated heterocycles. The first-order chi connectivity index (χ1) is 11.7. The predicted octanol–water partition coefficient (Wildman–Crippen LogP) is 2.72. The molecule has 1 aliphatic rings. The van der Waals surface area contributed by atoms with Gasteiger partial charge in [-0.05, 0) is 41.8 Å². The molecule has 1 N–H and O–H groups in total. The van der Waals surface area contributed by atoms with Crippen molar-refractivity contribution in [1.29, 1.82) is 0 Å². The fourth-order valence-electron chi connectivity index (χ4n) is 2.57. The molecule has 5 heteroatoms. The number of ether oxygens (including phenoxy) is 3. The smallest absolute Gasteiger partial charge is 0.220 e. The van der Waals surface area contributed by atoms with Gasteiger partial charge in [-0.25, -0.2) is 0 Å². The third-order valence-corrected chi connectivity index (χ3v) is 3.87. The Labute approximate surface area is 141 Å². The van der Waals surface area contributed by atoms with Crippen molar-refractivity contribution in [2.24, 2.45) is 0 Å². The van der Waals surface area contributed by atoms with Gasteiger partial charge in [0.1, 0.15) is 19.0 Å². The zero-order valence-corrected chi connectivity index (χ0v) is 13.7. The Kier molecular flexibility index (Phi) is 5.21. The third kappa shape index (κ3) is 4.19. The maximum Gasteiger partial charge on any atom is 0.220 e. The Balaban J connectivity index is 1.48. The normalized spacial score (nSPS) is 12.5. The Hall–Kier alpha value is -2.69. The van der Waals surface area contributed by atoms with Crippen LogP contribution in [0.3, 0.4) is 0 Å². The molecular weight excluding hydrogens is 306 g/mol. The van der Waals surface area contributed by atoms with Crippen molar-refractivity contribution in [2.75, 3.05) is 20.3 Å². The molecule has 0 bridgehead atoms. The lowest BCUT2D eigenvalue weighted by molar-refractivity contribution is -0.121. The zero-order valence-electron chi connectivity index (χ0n) is 13.7. The summed E-state index contributed by atoms with van der Waals surface area (Å²) < 4.78 is 16.2. The van der Waals surface area contributed by atoms with E-state index in [4.69, 9.17) is 14.2 Å². The van der Waals surface area contributed by atoms with Crippen molar-refractivity contribution in [3.05, 3.63) is 53.6 Å². The van der Waals surface area contributed by atoms with Gasteiger partial charge in [0, 0.05) is 13.0 Å². The highest BCUT2D eigenvalue weighted by Crippen LogP contribution is 2.30. The van der Waals surface area contributed by atoms with Crippen LogP contribution >= 0.6 is 0 Å². The van der Waals surface area contributed by atoms with Crippen LogP contribution in [0.5, 0.6) is 17.2 Å². The standard InChI is InChI=1S/C19H21NO4/c1-22-16-4-2-3-14(11-16)6-8-19(21)20-13-15-5-7-17-18(12-15)24-10-9-23-17/h2-5,7,11-12H,6,8-10,13H2,1H3,(H,20,21). The number of nitrogens with one attached hydrogen (secondary N) is 1. The second-order valence-electron chi connectivity index (χ2n) is 5.61. The predicted molar refractivity (Wildman–Crippen MR) is 90.6 cm³/mol. The summed E-state index contributed by atoms with van der Waals surface area (Å²) in [6, 6.07) is 13.5. The molecule has 3 rings (SSSR count). The Morgan fingerprint density at radius 2 is 1.92 bits per heavy atom. The van der Waals surface area contributed by atoms with Crippen molar-refractivity contribution < 1.29 is 19.0 Å². The molecule has 0 aromatic heterocycles. The first-order valence-corrected chi connectivity index (χ1v) is 8.03. The lowest BCUT2D eigenvalue weighted by Crippen LogP contribution is -2.23. The molecule has 0 spiro atoms. The number of benzene rings is 2. The number of fused-ring (bicyclic) bond motifs is 1. The second kappa shape index (κ2) is 7.73. The maximum atomic E-state index is 12.0. The highest BCUT2D eigenvalue weighted by atomic mass is 16.6. The molecule has 1 amide bonds. The van der Waals surface area contributed by atoms with Gasteiger partial charge < -0.3 is 19.5 Å². The lowest BCUT2D eigenvalue weighted by Gasteiger charge is -2.19. The Morgan fingerprint density at radius 1 is 1.08 bits per heavy atom. The summed E-state index contributed by atoms with van der Waals surface area (Å²) in [5.74, 6) is 2.33. The van der Waals surface area contributed by atoms with Crippen molar-refractivity contribution in [1.82, 2.24) is 5.32 Å².